The molecule has 0 aliphatic rings. The lowest BCUT2D eigenvalue weighted by atomic mass is 10.2. The molecule has 1 aromatic carbocycles. The Morgan fingerprint density at radius 1 is 1.56 bits per heavy atom. The molecular weight excluding hydrogens is 232 g/mol. The van der Waals surface area contributed by atoms with E-state index >= 15 is 0 Å². The number of carboxylic acids is 1. The van der Waals surface area contributed by atoms with E-state index in [1.165, 1.54) is 18.2 Å². The maximum absolute atomic E-state index is 10.6. The summed E-state index contributed by atoms with van der Waals surface area (Å²) in [5.41, 5.74) is 0.118. The SMILES string of the molecule is CC(O)CCOc1ccc(C(=O)O)cc1Cl. The molecule has 0 bridgehead atoms. The number of aliphatic hydroxyl groups excluding tert-OH is 1. The number of aromatic carboxylic acids is 1. The predicted molar refractivity (Wildman–Crippen MR) is 60.2 cm³/mol. The number of ether oxygens (including phenoxy) is 1. The topological polar surface area (TPSA) is 66.8 Å². The van der Waals surface area contributed by atoms with E-state index in [9.17, 15) is 4.79 Å². The molecule has 0 aliphatic heterocycles. The highest BCUT2D eigenvalue weighted by Crippen LogP contribution is 2.25. The van der Waals surface area contributed by atoms with Crippen LogP contribution < -0.4 is 4.74 Å². The van der Waals surface area contributed by atoms with Crippen LogP contribution in [0.4, 0.5) is 0 Å². The molecule has 1 aromatic rings. The average molecular weight is 245 g/mol. The third-order valence-electron chi connectivity index (χ3n) is 1.97. The molecule has 1 atom stereocenters. The van der Waals surface area contributed by atoms with Gasteiger partial charge in [0, 0.05) is 6.42 Å². The van der Waals surface area contributed by atoms with Crippen LogP contribution in [0.15, 0.2) is 18.2 Å². The van der Waals surface area contributed by atoms with Gasteiger partial charge in [0.2, 0.25) is 0 Å². The van der Waals surface area contributed by atoms with Gasteiger partial charge in [-0.2, -0.15) is 0 Å². The van der Waals surface area contributed by atoms with E-state index < -0.39 is 12.1 Å². The predicted octanol–water partition coefficient (Wildman–Crippen LogP) is 2.19. The zero-order valence-corrected chi connectivity index (χ0v) is 9.57. The van der Waals surface area contributed by atoms with Crippen LogP contribution in [-0.2, 0) is 0 Å². The summed E-state index contributed by atoms with van der Waals surface area (Å²) in [6, 6.07) is 4.27. The fourth-order valence-electron chi connectivity index (χ4n) is 1.09. The highest BCUT2D eigenvalue weighted by atomic mass is 35.5. The number of carboxylic acid groups (broad SMARTS) is 1. The number of carbonyl (C=O) groups is 1. The zero-order valence-electron chi connectivity index (χ0n) is 8.81. The maximum atomic E-state index is 10.6. The van der Waals surface area contributed by atoms with Crippen LogP contribution >= 0.6 is 11.6 Å². The van der Waals surface area contributed by atoms with E-state index in [1.807, 2.05) is 0 Å². The Labute approximate surface area is 98.4 Å². The van der Waals surface area contributed by atoms with Gasteiger partial charge in [-0.1, -0.05) is 11.6 Å². The second-order valence-corrected chi connectivity index (χ2v) is 3.84. The molecule has 0 aliphatic carbocycles. The molecule has 0 amide bonds. The van der Waals surface area contributed by atoms with Crippen LogP contribution in [-0.4, -0.2) is 28.9 Å². The lowest BCUT2D eigenvalue weighted by Crippen LogP contribution is -2.07. The minimum Gasteiger partial charge on any atom is -0.492 e. The van der Waals surface area contributed by atoms with Crippen molar-refractivity contribution >= 4 is 17.6 Å². The van der Waals surface area contributed by atoms with Crippen LogP contribution in [0, 0.1) is 0 Å². The summed E-state index contributed by atoms with van der Waals surface area (Å²) in [4.78, 5) is 10.6. The van der Waals surface area contributed by atoms with Gasteiger partial charge in [0.15, 0.2) is 0 Å². The number of halogens is 1. The Balaban J connectivity index is 2.64. The van der Waals surface area contributed by atoms with Gasteiger partial charge in [-0.3, -0.25) is 0 Å². The maximum Gasteiger partial charge on any atom is 0.335 e. The van der Waals surface area contributed by atoms with Gasteiger partial charge < -0.3 is 14.9 Å². The van der Waals surface area contributed by atoms with Crippen LogP contribution in [0.5, 0.6) is 5.75 Å². The molecule has 5 heteroatoms. The Hall–Kier alpha value is -1.26. The summed E-state index contributed by atoms with van der Waals surface area (Å²) >= 11 is 5.84. The molecule has 0 saturated heterocycles. The first kappa shape index (κ1) is 12.8. The van der Waals surface area contributed by atoms with E-state index in [0.29, 0.717) is 18.8 Å². The minimum absolute atomic E-state index is 0.118. The van der Waals surface area contributed by atoms with E-state index in [4.69, 9.17) is 26.6 Å². The molecule has 0 radical (unpaired) electrons. The lowest BCUT2D eigenvalue weighted by Gasteiger charge is -2.09. The molecule has 4 nitrogen and oxygen atoms in total. The number of benzene rings is 1. The highest BCUT2D eigenvalue weighted by molar-refractivity contribution is 6.32. The first-order valence-corrected chi connectivity index (χ1v) is 5.22. The van der Waals surface area contributed by atoms with Gasteiger partial charge in [0.05, 0.1) is 23.3 Å². The average Bonchev–Trinajstić information content (AvgIpc) is 2.19. The summed E-state index contributed by atoms with van der Waals surface area (Å²) in [5, 5.41) is 18.0. The monoisotopic (exact) mass is 244 g/mol. The number of rotatable bonds is 5. The number of hydrogen-bond acceptors (Lipinski definition) is 3. The molecule has 2 N–H and O–H groups in total. The van der Waals surface area contributed by atoms with Crippen LogP contribution in [0.1, 0.15) is 23.7 Å². The van der Waals surface area contributed by atoms with E-state index in [2.05, 4.69) is 0 Å². The first-order chi connectivity index (χ1) is 7.50. The van der Waals surface area contributed by atoms with Crippen LogP contribution in [0.25, 0.3) is 0 Å². The second kappa shape index (κ2) is 5.72. The fraction of sp³-hybridized carbons (Fsp3) is 0.364. The van der Waals surface area contributed by atoms with Gasteiger partial charge >= 0.3 is 5.97 Å². The van der Waals surface area contributed by atoms with Crippen molar-refractivity contribution in [3.05, 3.63) is 28.8 Å². The summed E-state index contributed by atoms with van der Waals surface area (Å²) in [6.45, 7) is 2.00. The standard InChI is InChI=1S/C11H13ClO4/c1-7(13)4-5-16-10-3-2-8(11(14)15)6-9(10)12/h2-3,6-7,13H,4-5H2,1H3,(H,14,15). The minimum atomic E-state index is -1.03. The Morgan fingerprint density at radius 3 is 2.75 bits per heavy atom. The van der Waals surface area contributed by atoms with Gasteiger partial charge in [0.1, 0.15) is 5.75 Å². The van der Waals surface area contributed by atoms with Gasteiger partial charge in [-0.05, 0) is 25.1 Å². The third-order valence-corrected chi connectivity index (χ3v) is 2.27. The smallest absolute Gasteiger partial charge is 0.335 e. The van der Waals surface area contributed by atoms with Gasteiger partial charge in [0.25, 0.3) is 0 Å². The van der Waals surface area contributed by atoms with Gasteiger partial charge in [-0.25, -0.2) is 4.79 Å². The molecule has 1 rings (SSSR count). The largest absolute Gasteiger partial charge is 0.492 e. The second-order valence-electron chi connectivity index (χ2n) is 3.44. The first-order valence-electron chi connectivity index (χ1n) is 4.84. The molecule has 16 heavy (non-hydrogen) atoms. The molecule has 0 heterocycles. The third kappa shape index (κ3) is 3.72. The molecule has 0 fully saturated rings. The quantitative estimate of drug-likeness (QED) is 0.833. The summed E-state index contributed by atoms with van der Waals surface area (Å²) in [5.74, 6) is -0.607. The Morgan fingerprint density at radius 2 is 2.25 bits per heavy atom. The lowest BCUT2D eigenvalue weighted by molar-refractivity contribution is 0.0697. The number of aliphatic hydroxyl groups is 1. The summed E-state index contributed by atoms with van der Waals surface area (Å²) < 4.78 is 5.30. The van der Waals surface area contributed by atoms with Gasteiger partial charge in [-0.15, -0.1) is 0 Å². The van der Waals surface area contributed by atoms with Crippen molar-refractivity contribution in [2.75, 3.05) is 6.61 Å². The zero-order chi connectivity index (χ0) is 12.1. The van der Waals surface area contributed by atoms with Crippen LogP contribution in [0.2, 0.25) is 5.02 Å². The fourth-order valence-corrected chi connectivity index (χ4v) is 1.33. The van der Waals surface area contributed by atoms with Crippen molar-refractivity contribution < 1.29 is 19.7 Å². The molecule has 0 aromatic heterocycles. The van der Waals surface area contributed by atoms with Crippen molar-refractivity contribution in [1.82, 2.24) is 0 Å². The van der Waals surface area contributed by atoms with Crippen molar-refractivity contribution in [3.63, 3.8) is 0 Å². The van der Waals surface area contributed by atoms with Crippen LogP contribution in [0.3, 0.4) is 0 Å². The van der Waals surface area contributed by atoms with Crippen molar-refractivity contribution in [2.45, 2.75) is 19.4 Å². The van der Waals surface area contributed by atoms with E-state index in [1.54, 1.807) is 6.92 Å². The molecular formula is C11H13ClO4. The van der Waals surface area contributed by atoms with Crippen molar-refractivity contribution in [2.24, 2.45) is 0 Å². The normalized spacial score (nSPS) is 12.2. The summed E-state index contributed by atoms with van der Waals surface area (Å²) in [7, 11) is 0. The summed E-state index contributed by atoms with van der Waals surface area (Å²) in [6.07, 6.45) is 0.0638. The van der Waals surface area contributed by atoms with E-state index in [0.717, 1.165) is 0 Å². The molecule has 88 valence electrons. The molecule has 1 unspecified atom stereocenters. The van der Waals surface area contributed by atoms with Crippen molar-refractivity contribution in [1.29, 1.82) is 0 Å². The Bertz CT molecular complexity index is 376. The number of hydrogen-bond donors (Lipinski definition) is 2. The van der Waals surface area contributed by atoms with Crippen molar-refractivity contribution in [3.8, 4) is 5.75 Å². The highest BCUT2D eigenvalue weighted by Gasteiger charge is 2.08. The Kier molecular flexibility index (Phi) is 4.58. The van der Waals surface area contributed by atoms with E-state index in [-0.39, 0.29) is 10.6 Å². The molecule has 0 saturated carbocycles. The molecule has 0 spiro atoms.